The lowest BCUT2D eigenvalue weighted by Gasteiger charge is -2.38. The van der Waals surface area contributed by atoms with E-state index in [1.54, 1.807) is 33.5 Å². The molecule has 3 aromatic carbocycles. The van der Waals surface area contributed by atoms with Crippen molar-refractivity contribution < 1.29 is 35.8 Å². The van der Waals surface area contributed by atoms with Gasteiger partial charge < -0.3 is 19.5 Å². The molecule has 0 unspecified atom stereocenters. The van der Waals surface area contributed by atoms with Crippen LogP contribution < -0.4 is 24.2 Å². The minimum atomic E-state index is -4.59. The largest absolute Gasteiger partial charge is 0.493 e. The summed E-state index contributed by atoms with van der Waals surface area (Å²) in [6.07, 6.45) is 0.306. The zero-order valence-electron chi connectivity index (χ0n) is 21.4. The van der Waals surface area contributed by atoms with E-state index >= 15 is 0 Å². The molecule has 0 amide bonds. The van der Waals surface area contributed by atoms with Gasteiger partial charge in [0.15, 0.2) is 11.5 Å². The number of hydrogen-bond donors (Lipinski definition) is 2. The lowest BCUT2D eigenvalue weighted by Crippen LogP contribution is -2.29. The second-order valence-corrected chi connectivity index (χ2v) is 11.0. The standard InChI is InChI=1S/C28H27F3N2O5S/c1-36-24-12-16(13-25(37-2)27(24)38-3)26-21-9-5-8-20(21)22-15-19(10-11-23(22)32-26)39(34,35)33-18-7-4-6-17(14-18)28(29,30)31/h4-8,10-15,20-21,26,32-33H,9H2,1-3H3/t20-,21+,26+/m0/s1. The minimum Gasteiger partial charge on any atom is -0.493 e. The van der Waals surface area contributed by atoms with Crippen LogP contribution in [0.1, 0.15) is 35.1 Å². The minimum absolute atomic E-state index is 0.0363. The molecule has 1 aliphatic heterocycles. The molecule has 3 atom stereocenters. The summed E-state index contributed by atoms with van der Waals surface area (Å²) in [4.78, 5) is -0.0363. The summed E-state index contributed by atoms with van der Waals surface area (Å²) < 4.78 is 84.4. The van der Waals surface area contributed by atoms with Crippen molar-refractivity contribution in [1.29, 1.82) is 0 Å². The molecule has 2 N–H and O–H groups in total. The number of sulfonamides is 1. The van der Waals surface area contributed by atoms with E-state index in [0.717, 1.165) is 41.4 Å². The second-order valence-electron chi connectivity index (χ2n) is 9.37. The average Bonchev–Trinajstić information content (AvgIpc) is 3.41. The first-order valence-electron chi connectivity index (χ1n) is 12.1. The quantitative estimate of drug-likeness (QED) is 0.327. The Labute approximate surface area is 224 Å². The predicted octanol–water partition coefficient (Wildman–Crippen LogP) is 6.36. The molecule has 5 rings (SSSR count). The summed E-state index contributed by atoms with van der Waals surface area (Å²) in [6.45, 7) is 0. The lowest BCUT2D eigenvalue weighted by atomic mass is 9.77. The topological polar surface area (TPSA) is 85.9 Å². The zero-order valence-corrected chi connectivity index (χ0v) is 22.2. The van der Waals surface area contributed by atoms with E-state index in [4.69, 9.17) is 14.2 Å². The van der Waals surface area contributed by atoms with Crippen LogP contribution in [0.5, 0.6) is 17.2 Å². The van der Waals surface area contributed by atoms with E-state index in [0.29, 0.717) is 17.2 Å². The van der Waals surface area contributed by atoms with Crippen LogP contribution in [0.15, 0.2) is 71.6 Å². The summed E-state index contributed by atoms with van der Waals surface area (Å²) in [5.41, 5.74) is 1.39. The molecule has 11 heteroatoms. The molecule has 0 spiro atoms. The Morgan fingerprint density at radius 3 is 2.31 bits per heavy atom. The SMILES string of the molecule is COc1cc([C@H]2Nc3ccc(S(=O)(=O)Nc4cccc(C(F)(F)F)c4)cc3[C@H]3C=CC[C@H]32)cc(OC)c1OC. The molecule has 1 aliphatic carbocycles. The molecular formula is C28H27F3N2O5S. The van der Waals surface area contributed by atoms with Gasteiger partial charge in [-0.2, -0.15) is 13.2 Å². The smallest absolute Gasteiger partial charge is 0.416 e. The van der Waals surface area contributed by atoms with Gasteiger partial charge in [0.25, 0.3) is 10.0 Å². The summed E-state index contributed by atoms with van der Waals surface area (Å²) in [5.74, 6) is 1.56. The van der Waals surface area contributed by atoms with Crippen molar-refractivity contribution in [2.75, 3.05) is 31.4 Å². The third-order valence-electron chi connectivity index (χ3n) is 7.13. The number of halogens is 3. The van der Waals surface area contributed by atoms with Crippen LogP contribution in [-0.4, -0.2) is 29.7 Å². The number of ether oxygens (including phenoxy) is 3. The average molecular weight is 561 g/mol. The van der Waals surface area contributed by atoms with Crippen LogP contribution in [0.3, 0.4) is 0 Å². The van der Waals surface area contributed by atoms with Crippen LogP contribution in [0, 0.1) is 5.92 Å². The molecule has 39 heavy (non-hydrogen) atoms. The van der Waals surface area contributed by atoms with Crippen LogP contribution >= 0.6 is 0 Å². The van der Waals surface area contributed by atoms with Crippen molar-refractivity contribution in [3.05, 3.63) is 83.4 Å². The Balaban J connectivity index is 1.48. The normalized spacial score (nSPS) is 20.0. The molecular weight excluding hydrogens is 533 g/mol. The van der Waals surface area contributed by atoms with Crippen molar-refractivity contribution in [2.24, 2.45) is 5.92 Å². The van der Waals surface area contributed by atoms with Gasteiger partial charge in [0.05, 0.1) is 37.8 Å². The van der Waals surface area contributed by atoms with Gasteiger partial charge in [-0.25, -0.2) is 8.42 Å². The predicted molar refractivity (Wildman–Crippen MR) is 141 cm³/mol. The molecule has 0 aromatic heterocycles. The van der Waals surface area contributed by atoms with Gasteiger partial charge in [0.2, 0.25) is 5.75 Å². The summed E-state index contributed by atoms with van der Waals surface area (Å²) in [5, 5.41) is 3.55. The molecule has 1 heterocycles. The number of benzene rings is 3. The van der Waals surface area contributed by atoms with E-state index in [-0.39, 0.29) is 28.5 Å². The summed E-state index contributed by atoms with van der Waals surface area (Å²) >= 11 is 0. The van der Waals surface area contributed by atoms with Gasteiger partial charge in [-0.1, -0.05) is 18.2 Å². The summed E-state index contributed by atoms with van der Waals surface area (Å²) in [6, 6.07) is 12.5. The number of nitrogens with one attached hydrogen (secondary N) is 2. The molecule has 0 fully saturated rings. The number of anilines is 2. The van der Waals surface area contributed by atoms with E-state index in [9.17, 15) is 21.6 Å². The Bertz CT molecular complexity index is 1510. The van der Waals surface area contributed by atoms with E-state index in [1.165, 1.54) is 12.1 Å². The lowest BCUT2D eigenvalue weighted by molar-refractivity contribution is -0.137. The maximum atomic E-state index is 13.2. The third-order valence-corrected chi connectivity index (χ3v) is 8.51. The second kappa shape index (κ2) is 10.0. The van der Waals surface area contributed by atoms with Gasteiger partial charge in [0.1, 0.15) is 0 Å². The van der Waals surface area contributed by atoms with Crippen LogP contribution in [-0.2, 0) is 16.2 Å². The monoisotopic (exact) mass is 560 g/mol. The van der Waals surface area contributed by atoms with Gasteiger partial charge in [0, 0.05) is 17.3 Å². The molecule has 0 saturated heterocycles. The molecule has 0 saturated carbocycles. The van der Waals surface area contributed by atoms with Crippen LogP contribution in [0.4, 0.5) is 24.5 Å². The first-order chi connectivity index (χ1) is 18.6. The highest BCUT2D eigenvalue weighted by molar-refractivity contribution is 7.92. The highest BCUT2D eigenvalue weighted by Gasteiger charge is 2.39. The van der Waals surface area contributed by atoms with Crippen molar-refractivity contribution >= 4 is 21.4 Å². The van der Waals surface area contributed by atoms with E-state index in [2.05, 4.69) is 22.2 Å². The maximum absolute atomic E-state index is 13.2. The highest BCUT2D eigenvalue weighted by atomic mass is 32.2. The number of rotatable bonds is 7. The first-order valence-corrected chi connectivity index (χ1v) is 13.6. The molecule has 206 valence electrons. The molecule has 7 nitrogen and oxygen atoms in total. The number of alkyl halides is 3. The van der Waals surface area contributed by atoms with Crippen LogP contribution in [0.2, 0.25) is 0 Å². The number of methoxy groups -OCH3 is 3. The van der Waals surface area contributed by atoms with E-state index < -0.39 is 21.8 Å². The highest BCUT2D eigenvalue weighted by Crippen LogP contribution is 2.52. The van der Waals surface area contributed by atoms with Crippen molar-refractivity contribution in [3.8, 4) is 17.2 Å². The maximum Gasteiger partial charge on any atom is 0.416 e. The number of fused-ring (bicyclic) bond motifs is 3. The molecule has 0 radical (unpaired) electrons. The van der Waals surface area contributed by atoms with Gasteiger partial charge >= 0.3 is 6.18 Å². The summed E-state index contributed by atoms with van der Waals surface area (Å²) in [7, 11) is 0.507. The third kappa shape index (κ3) is 4.98. The Morgan fingerprint density at radius 1 is 0.949 bits per heavy atom. The fourth-order valence-corrected chi connectivity index (χ4v) is 6.41. The Hall–Kier alpha value is -3.86. The van der Waals surface area contributed by atoms with Crippen molar-refractivity contribution in [1.82, 2.24) is 0 Å². The molecule has 2 aliphatic rings. The number of hydrogen-bond acceptors (Lipinski definition) is 6. The zero-order chi connectivity index (χ0) is 27.9. The molecule has 0 bridgehead atoms. The van der Waals surface area contributed by atoms with Gasteiger partial charge in [-0.3, -0.25) is 4.72 Å². The fraction of sp³-hybridized carbons (Fsp3) is 0.286. The first kappa shape index (κ1) is 26.7. The number of allylic oxidation sites excluding steroid dienone is 2. The Kier molecular flexibility index (Phi) is 6.88. The van der Waals surface area contributed by atoms with Crippen molar-refractivity contribution in [3.63, 3.8) is 0 Å². The van der Waals surface area contributed by atoms with Crippen LogP contribution in [0.25, 0.3) is 0 Å². The van der Waals surface area contributed by atoms with Gasteiger partial charge in [-0.05, 0) is 72.0 Å². The van der Waals surface area contributed by atoms with Gasteiger partial charge in [-0.15, -0.1) is 0 Å². The van der Waals surface area contributed by atoms with Crippen molar-refractivity contribution in [2.45, 2.75) is 29.5 Å². The molecule has 3 aromatic rings. The van der Waals surface area contributed by atoms with E-state index in [1.807, 2.05) is 12.1 Å². The Morgan fingerprint density at radius 2 is 1.67 bits per heavy atom. The fourth-order valence-electron chi connectivity index (χ4n) is 5.32.